The van der Waals surface area contributed by atoms with Crippen LogP contribution >= 0.6 is 22.7 Å². The third-order valence-corrected chi connectivity index (χ3v) is 5.99. The molecule has 2 aromatic rings. The van der Waals surface area contributed by atoms with Crippen molar-refractivity contribution < 1.29 is 0 Å². The lowest BCUT2D eigenvalue weighted by Gasteiger charge is -2.10. The number of rotatable bonds is 4. The van der Waals surface area contributed by atoms with Gasteiger partial charge in [-0.1, -0.05) is 0 Å². The quantitative estimate of drug-likeness (QED) is 0.870. The lowest BCUT2D eigenvalue weighted by Crippen LogP contribution is -2.16. The molecule has 0 bridgehead atoms. The van der Waals surface area contributed by atoms with Crippen LogP contribution in [0.25, 0.3) is 0 Å². The summed E-state index contributed by atoms with van der Waals surface area (Å²) in [6.45, 7) is 5.44. The van der Waals surface area contributed by atoms with Gasteiger partial charge in [0.2, 0.25) is 0 Å². The van der Waals surface area contributed by atoms with Gasteiger partial charge in [0.05, 0.1) is 0 Å². The Labute approximate surface area is 117 Å². The maximum Gasteiger partial charge on any atom is 0.0389 e. The summed E-state index contributed by atoms with van der Waals surface area (Å²) >= 11 is 3.90. The van der Waals surface area contributed by atoms with E-state index in [1.807, 2.05) is 22.7 Å². The van der Waals surface area contributed by atoms with Crippen molar-refractivity contribution in [1.29, 1.82) is 0 Å². The van der Waals surface area contributed by atoms with Crippen LogP contribution < -0.4 is 5.32 Å². The lowest BCUT2D eigenvalue weighted by molar-refractivity contribution is 0.587. The van der Waals surface area contributed by atoms with Crippen LogP contribution in [-0.2, 0) is 19.4 Å². The van der Waals surface area contributed by atoms with Gasteiger partial charge >= 0.3 is 0 Å². The van der Waals surface area contributed by atoms with Crippen molar-refractivity contribution in [2.75, 3.05) is 0 Å². The second-order valence-electron chi connectivity index (χ2n) is 5.07. The second-order valence-corrected chi connectivity index (χ2v) is 7.61. The predicted octanol–water partition coefficient (Wildman–Crippen LogP) is 4.46. The molecular weight excluding hydrogens is 258 g/mol. The van der Waals surface area contributed by atoms with Gasteiger partial charge in [0.1, 0.15) is 0 Å². The zero-order valence-corrected chi connectivity index (χ0v) is 12.6. The van der Waals surface area contributed by atoms with Crippen LogP contribution in [0.2, 0.25) is 0 Å². The first-order valence-electron chi connectivity index (χ1n) is 6.62. The molecule has 0 spiro atoms. The molecule has 0 saturated carbocycles. The minimum atomic E-state index is 0.459. The molecular formula is C15H19NS2. The van der Waals surface area contributed by atoms with E-state index < -0.39 is 0 Å². The summed E-state index contributed by atoms with van der Waals surface area (Å²) in [4.78, 5) is 5.97. The van der Waals surface area contributed by atoms with Gasteiger partial charge in [0.15, 0.2) is 0 Å². The van der Waals surface area contributed by atoms with Crippen LogP contribution in [0.5, 0.6) is 0 Å². The fourth-order valence-electron chi connectivity index (χ4n) is 2.52. The van der Waals surface area contributed by atoms with Crippen LogP contribution in [0, 0.1) is 6.92 Å². The molecule has 1 unspecified atom stereocenters. The highest BCUT2D eigenvalue weighted by Gasteiger charge is 2.15. The van der Waals surface area contributed by atoms with Gasteiger partial charge in [-0.25, -0.2) is 0 Å². The minimum absolute atomic E-state index is 0.459. The fourth-order valence-corrected chi connectivity index (χ4v) is 4.63. The van der Waals surface area contributed by atoms with Gasteiger partial charge in [-0.15, -0.1) is 22.7 Å². The molecule has 0 aliphatic heterocycles. The summed E-state index contributed by atoms with van der Waals surface area (Å²) < 4.78 is 0. The van der Waals surface area contributed by atoms with Crippen molar-refractivity contribution in [3.8, 4) is 0 Å². The van der Waals surface area contributed by atoms with Crippen molar-refractivity contribution in [3.63, 3.8) is 0 Å². The number of hydrogen-bond acceptors (Lipinski definition) is 3. The van der Waals surface area contributed by atoms with Crippen molar-refractivity contribution in [2.45, 2.75) is 45.7 Å². The Morgan fingerprint density at radius 2 is 2.17 bits per heavy atom. The van der Waals surface area contributed by atoms with Crippen LogP contribution in [0.3, 0.4) is 0 Å². The molecule has 1 N–H and O–H groups in total. The average molecular weight is 277 g/mol. The Balaban J connectivity index is 1.60. The summed E-state index contributed by atoms with van der Waals surface area (Å²) in [5.41, 5.74) is 1.61. The van der Waals surface area contributed by atoms with E-state index in [4.69, 9.17) is 0 Å². The summed E-state index contributed by atoms with van der Waals surface area (Å²) in [6, 6.07) is 7.32. The van der Waals surface area contributed by atoms with Crippen LogP contribution in [0.4, 0.5) is 0 Å². The second kappa shape index (κ2) is 5.16. The van der Waals surface area contributed by atoms with Gasteiger partial charge in [0, 0.05) is 32.1 Å². The molecule has 0 fully saturated rings. The molecule has 96 valence electrons. The van der Waals surface area contributed by atoms with E-state index in [1.165, 1.54) is 33.9 Å². The van der Waals surface area contributed by atoms with Gasteiger partial charge in [-0.3, -0.25) is 0 Å². The molecule has 1 aliphatic carbocycles. The first-order chi connectivity index (χ1) is 8.72. The van der Waals surface area contributed by atoms with Crippen molar-refractivity contribution >= 4 is 22.7 Å². The summed E-state index contributed by atoms with van der Waals surface area (Å²) in [5, 5.41) is 3.64. The van der Waals surface area contributed by atoms with E-state index in [1.54, 1.807) is 10.4 Å². The van der Waals surface area contributed by atoms with Crippen molar-refractivity contribution in [3.05, 3.63) is 43.3 Å². The molecule has 0 aromatic carbocycles. The molecule has 18 heavy (non-hydrogen) atoms. The van der Waals surface area contributed by atoms with Gasteiger partial charge in [-0.2, -0.15) is 0 Å². The number of hydrogen-bond donors (Lipinski definition) is 1. The van der Waals surface area contributed by atoms with E-state index in [-0.39, 0.29) is 0 Å². The third kappa shape index (κ3) is 2.53. The van der Waals surface area contributed by atoms with Crippen LogP contribution in [-0.4, -0.2) is 0 Å². The molecule has 1 aliphatic rings. The normalized spacial score (nSPS) is 15.9. The molecule has 0 radical (unpaired) electrons. The predicted molar refractivity (Wildman–Crippen MR) is 80.7 cm³/mol. The number of fused-ring (bicyclic) bond motifs is 1. The van der Waals surface area contributed by atoms with Crippen molar-refractivity contribution in [2.24, 2.45) is 0 Å². The van der Waals surface area contributed by atoms with Gasteiger partial charge in [0.25, 0.3) is 0 Å². The highest BCUT2D eigenvalue weighted by Crippen LogP contribution is 2.31. The molecule has 0 amide bonds. The van der Waals surface area contributed by atoms with E-state index >= 15 is 0 Å². The number of aryl methyl sites for hydroxylation is 3. The molecule has 0 saturated heterocycles. The first-order valence-corrected chi connectivity index (χ1v) is 8.26. The Bertz CT molecular complexity index is 517. The monoisotopic (exact) mass is 277 g/mol. The Kier molecular flexibility index (Phi) is 3.55. The lowest BCUT2D eigenvalue weighted by atomic mass is 10.2. The molecule has 3 rings (SSSR count). The van der Waals surface area contributed by atoms with E-state index in [2.05, 4.69) is 37.4 Å². The first kappa shape index (κ1) is 12.4. The Hall–Kier alpha value is -0.640. The number of thiophene rings is 2. The summed E-state index contributed by atoms with van der Waals surface area (Å²) in [6.07, 6.45) is 3.96. The Morgan fingerprint density at radius 1 is 1.28 bits per heavy atom. The van der Waals surface area contributed by atoms with E-state index in [0.717, 1.165) is 6.54 Å². The summed E-state index contributed by atoms with van der Waals surface area (Å²) in [7, 11) is 0. The fraction of sp³-hybridized carbons (Fsp3) is 0.467. The highest BCUT2D eigenvalue weighted by atomic mass is 32.1. The molecule has 3 heteroatoms. The largest absolute Gasteiger partial charge is 0.305 e. The zero-order valence-electron chi connectivity index (χ0n) is 11.0. The minimum Gasteiger partial charge on any atom is -0.305 e. The third-order valence-electron chi connectivity index (χ3n) is 3.57. The smallest absolute Gasteiger partial charge is 0.0389 e. The highest BCUT2D eigenvalue weighted by molar-refractivity contribution is 7.12. The molecule has 2 aromatic heterocycles. The molecule has 2 heterocycles. The summed E-state index contributed by atoms with van der Waals surface area (Å²) in [5.74, 6) is 0. The van der Waals surface area contributed by atoms with E-state index in [9.17, 15) is 0 Å². The van der Waals surface area contributed by atoms with Crippen molar-refractivity contribution in [1.82, 2.24) is 5.32 Å². The zero-order chi connectivity index (χ0) is 12.5. The van der Waals surface area contributed by atoms with Gasteiger partial charge in [-0.05, 0) is 56.9 Å². The topological polar surface area (TPSA) is 12.0 Å². The van der Waals surface area contributed by atoms with Gasteiger partial charge < -0.3 is 5.32 Å². The standard InChI is InChI=1S/C15H19NS2/c1-10-6-7-14(17-10)11(2)16-9-13-8-12-4-3-5-15(12)18-13/h6-8,11,16H,3-5,9H2,1-2H3. The maximum atomic E-state index is 3.64. The molecule has 1 nitrogen and oxygen atoms in total. The molecule has 1 atom stereocenters. The maximum absolute atomic E-state index is 3.64. The van der Waals surface area contributed by atoms with Crippen LogP contribution in [0.1, 0.15) is 44.5 Å². The van der Waals surface area contributed by atoms with Crippen LogP contribution in [0.15, 0.2) is 18.2 Å². The van der Waals surface area contributed by atoms with E-state index in [0.29, 0.717) is 6.04 Å². The number of nitrogens with one attached hydrogen (secondary N) is 1. The SMILES string of the molecule is Cc1ccc(C(C)NCc2cc3c(s2)CCC3)s1. The Morgan fingerprint density at radius 3 is 2.89 bits per heavy atom. The average Bonchev–Trinajstić information content (AvgIpc) is 3.00.